The molecule has 2 rings (SSSR count). The van der Waals surface area contributed by atoms with E-state index in [1.54, 1.807) is 11.1 Å². The second-order valence-electron chi connectivity index (χ2n) is 3.90. The lowest BCUT2D eigenvalue weighted by molar-refractivity contribution is -0.878. The molecule has 0 N–H and O–H groups in total. The molecule has 1 fully saturated rings. The maximum Gasteiger partial charge on any atom is 0.478 e. The summed E-state index contributed by atoms with van der Waals surface area (Å²) < 4.78 is 2.97. The summed E-state index contributed by atoms with van der Waals surface area (Å²) in [6.45, 7) is 1.57. The molecule has 0 spiro atoms. The van der Waals surface area contributed by atoms with Crippen molar-refractivity contribution in [3.63, 3.8) is 0 Å². The Morgan fingerprint density at radius 2 is 1.94 bits per heavy atom. The lowest BCUT2D eigenvalue weighted by atomic mass is 10.1. The molecule has 1 aliphatic rings. The molecule has 1 aliphatic heterocycles. The van der Waals surface area contributed by atoms with Gasteiger partial charge < -0.3 is 4.90 Å². The molecule has 6 heteroatoms. The van der Waals surface area contributed by atoms with Crippen molar-refractivity contribution in [1.29, 1.82) is 0 Å². The van der Waals surface area contributed by atoms with Crippen molar-refractivity contribution in [2.75, 3.05) is 13.1 Å². The number of piperidine rings is 1. The van der Waals surface area contributed by atoms with Gasteiger partial charge in [-0.1, -0.05) is 0 Å². The van der Waals surface area contributed by atoms with E-state index in [2.05, 4.69) is 31.9 Å². The van der Waals surface area contributed by atoms with Crippen LogP contribution in [0, 0.1) is 0 Å². The topological polar surface area (TPSA) is 33.4 Å². The van der Waals surface area contributed by atoms with Crippen LogP contribution in [0.25, 0.3) is 0 Å². The standard InChI is InChI=1S/C11H13Br2N2O2/c12-9-4-5-10(13)15(8-9)17-11(16)14-6-2-1-3-7-14/h4-5,8H,1-3,6-7H2/q+1. The minimum Gasteiger partial charge on any atom is -0.303 e. The summed E-state index contributed by atoms with van der Waals surface area (Å²) in [4.78, 5) is 18.9. The van der Waals surface area contributed by atoms with Gasteiger partial charge in [0.05, 0.1) is 4.47 Å². The van der Waals surface area contributed by atoms with E-state index in [0.29, 0.717) is 4.60 Å². The van der Waals surface area contributed by atoms with Gasteiger partial charge in [-0.25, -0.2) is 4.79 Å². The van der Waals surface area contributed by atoms with E-state index in [1.165, 1.54) is 11.2 Å². The molecule has 0 radical (unpaired) electrons. The fourth-order valence-corrected chi connectivity index (χ4v) is 2.35. The molecule has 4 nitrogen and oxygen atoms in total. The molecule has 0 atom stereocenters. The number of halogens is 2. The molecule has 0 bridgehead atoms. The van der Waals surface area contributed by atoms with Gasteiger partial charge in [0.2, 0.25) is 6.20 Å². The molecule has 92 valence electrons. The average molecular weight is 365 g/mol. The molecular weight excluding hydrogens is 352 g/mol. The zero-order valence-corrected chi connectivity index (χ0v) is 12.4. The van der Waals surface area contributed by atoms with Crippen molar-refractivity contribution in [3.8, 4) is 0 Å². The van der Waals surface area contributed by atoms with Crippen LogP contribution in [0.4, 0.5) is 4.79 Å². The molecule has 1 aromatic heterocycles. The molecule has 1 amide bonds. The normalized spacial score (nSPS) is 15.8. The smallest absolute Gasteiger partial charge is 0.303 e. The molecule has 0 aromatic carbocycles. The Balaban J connectivity index is 2.04. The van der Waals surface area contributed by atoms with Gasteiger partial charge in [-0.05, 0) is 41.3 Å². The van der Waals surface area contributed by atoms with Crippen molar-refractivity contribution < 1.29 is 14.4 Å². The van der Waals surface area contributed by atoms with Gasteiger partial charge in [0.25, 0.3) is 4.60 Å². The molecule has 1 saturated heterocycles. The van der Waals surface area contributed by atoms with Crippen molar-refractivity contribution in [1.82, 2.24) is 4.90 Å². The minimum atomic E-state index is -0.298. The summed E-state index contributed by atoms with van der Waals surface area (Å²) >= 11 is 6.67. The largest absolute Gasteiger partial charge is 0.478 e. The first-order chi connectivity index (χ1) is 8.16. The Morgan fingerprint density at radius 3 is 2.65 bits per heavy atom. The number of rotatable bonds is 1. The lowest BCUT2D eigenvalue weighted by Crippen LogP contribution is -2.52. The number of pyridine rings is 1. The minimum absolute atomic E-state index is 0.298. The van der Waals surface area contributed by atoms with Crippen LogP contribution in [-0.4, -0.2) is 24.1 Å². The van der Waals surface area contributed by atoms with Crippen molar-refractivity contribution >= 4 is 38.0 Å². The number of hydrogen-bond acceptors (Lipinski definition) is 2. The van der Waals surface area contributed by atoms with E-state index in [9.17, 15) is 4.79 Å². The average Bonchev–Trinajstić information content (AvgIpc) is 2.35. The Bertz CT molecular complexity index is 420. The number of carbonyl (C=O) groups is 1. The zero-order chi connectivity index (χ0) is 12.3. The van der Waals surface area contributed by atoms with Crippen LogP contribution in [0.1, 0.15) is 19.3 Å². The van der Waals surface area contributed by atoms with Crippen LogP contribution in [0.15, 0.2) is 27.4 Å². The van der Waals surface area contributed by atoms with E-state index in [0.717, 1.165) is 30.4 Å². The van der Waals surface area contributed by atoms with Crippen LogP contribution in [0.2, 0.25) is 0 Å². The highest BCUT2D eigenvalue weighted by atomic mass is 79.9. The maximum atomic E-state index is 11.9. The molecule has 0 aliphatic carbocycles. The SMILES string of the molecule is O=C(O[n+]1cc(Br)ccc1Br)N1CCCCC1. The summed E-state index contributed by atoms with van der Waals surface area (Å²) in [7, 11) is 0. The number of aromatic nitrogens is 1. The number of hydrogen-bond donors (Lipinski definition) is 0. The number of carbonyl (C=O) groups excluding carboxylic acids is 1. The van der Waals surface area contributed by atoms with Crippen molar-refractivity contribution in [3.05, 3.63) is 27.4 Å². The van der Waals surface area contributed by atoms with Gasteiger partial charge in [0.1, 0.15) is 0 Å². The fraction of sp³-hybridized carbons (Fsp3) is 0.455. The second-order valence-corrected chi connectivity index (χ2v) is 5.63. The first-order valence-corrected chi connectivity index (χ1v) is 7.09. The molecule has 1 aromatic rings. The van der Waals surface area contributed by atoms with Crippen LogP contribution >= 0.6 is 31.9 Å². The lowest BCUT2D eigenvalue weighted by Gasteiger charge is -2.23. The predicted octanol–water partition coefficient (Wildman–Crippen LogP) is 2.53. The Kier molecular flexibility index (Phi) is 4.39. The third kappa shape index (κ3) is 3.42. The number of likely N-dealkylation sites (tertiary alicyclic amines) is 1. The quantitative estimate of drug-likeness (QED) is 0.566. The Morgan fingerprint density at radius 1 is 1.24 bits per heavy atom. The van der Waals surface area contributed by atoms with Crippen LogP contribution in [0.3, 0.4) is 0 Å². The van der Waals surface area contributed by atoms with Gasteiger partial charge in [0, 0.05) is 39.8 Å². The van der Waals surface area contributed by atoms with Gasteiger partial charge in [-0.2, -0.15) is 4.84 Å². The second kappa shape index (κ2) is 5.82. The summed E-state index contributed by atoms with van der Waals surface area (Å²) in [5.41, 5.74) is 0. The van der Waals surface area contributed by atoms with E-state index >= 15 is 0 Å². The van der Waals surface area contributed by atoms with Gasteiger partial charge in [-0.3, -0.25) is 0 Å². The summed E-state index contributed by atoms with van der Waals surface area (Å²) in [6.07, 6.45) is 4.70. The first kappa shape index (κ1) is 12.8. The monoisotopic (exact) mass is 363 g/mol. The molecule has 0 saturated carbocycles. The summed E-state index contributed by atoms with van der Waals surface area (Å²) in [6, 6.07) is 3.68. The van der Waals surface area contributed by atoms with Gasteiger partial charge >= 0.3 is 6.09 Å². The number of nitrogens with zero attached hydrogens (tertiary/aromatic N) is 2. The van der Waals surface area contributed by atoms with E-state index in [-0.39, 0.29) is 6.09 Å². The number of amides is 1. The maximum absolute atomic E-state index is 11.9. The predicted molar refractivity (Wildman–Crippen MR) is 69.4 cm³/mol. The third-order valence-corrected chi connectivity index (χ3v) is 3.70. The fourth-order valence-electron chi connectivity index (χ4n) is 1.73. The highest BCUT2D eigenvalue weighted by molar-refractivity contribution is 9.10. The van der Waals surface area contributed by atoms with Crippen LogP contribution in [-0.2, 0) is 0 Å². The highest BCUT2D eigenvalue weighted by Crippen LogP contribution is 2.11. The third-order valence-electron chi connectivity index (χ3n) is 2.62. The van der Waals surface area contributed by atoms with Gasteiger partial charge in [-0.15, -0.1) is 0 Å². The molecule has 2 heterocycles. The summed E-state index contributed by atoms with van der Waals surface area (Å²) in [5.74, 6) is 0. The van der Waals surface area contributed by atoms with Crippen molar-refractivity contribution in [2.24, 2.45) is 0 Å². The highest BCUT2D eigenvalue weighted by Gasteiger charge is 2.23. The van der Waals surface area contributed by atoms with E-state index < -0.39 is 0 Å². The Labute approximate surface area is 117 Å². The van der Waals surface area contributed by atoms with Crippen LogP contribution < -0.4 is 9.57 Å². The molecule has 0 unspecified atom stereocenters. The first-order valence-electron chi connectivity index (χ1n) is 5.51. The molecular formula is C11H13Br2N2O2+. The van der Waals surface area contributed by atoms with E-state index in [4.69, 9.17) is 4.84 Å². The zero-order valence-electron chi connectivity index (χ0n) is 9.23. The Hall–Kier alpha value is -0.620. The van der Waals surface area contributed by atoms with E-state index in [1.807, 2.05) is 12.1 Å². The van der Waals surface area contributed by atoms with Gasteiger partial charge in [0.15, 0.2) is 0 Å². The van der Waals surface area contributed by atoms with Crippen molar-refractivity contribution in [2.45, 2.75) is 19.3 Å². The summed E-state index contributed by atoms with van der Waals surface area (Å²) in [5, 5.41) is 0. The van der Waals surface area contributed by atoms with Crippen LogP contribution in [0.5, 0.6) is 0 Å². The molecule has 17 heavy (non-hydrogen) atoms.